The minimum absolute atomic E-state index is 0.195. The van der Waals surface area contributed by atoms with E-state index in [0.29, 0.717) is 12.6 Å². The van der Waals surface area contributed by atoms with Gasteiger partial charge < -0.3 is 9.88 Å². The van der Waals surface area contributed by atoms with Crippen LogP contribution in [0.5, 0.6) is 0 Å². The zero-order chi connectivity index (χ0) is 13.6. The first-order valence-electron chi connectivity index (χ1n) is 6.53. The third-order valence-corrected chi connectivity index (χ3v) is 3.85. The van der Waals surface area contributed by atoms with Gasteiger partial charge in [0.05, 0.1) is 5.75 Å². The molecule has 0 aromatic carbocycles. The summed E-state index contributed by atoms with van der Waals surface area (Å²) in [5.41, 5.74) is 1.24. The maximum absolute atomic E-state index is 11.1. The van der Waals surface area contributed by atoms with Crippen molar-refractivity contribution in [1.82, 2.24) is 9.88 Å². The summed E-state index contributed by atoms with van der Waals surface area (Å²) in [7, 11) is -2.89. The van der Waals surface area contributed by atoms with Crippen LogP contribution in [-0.4, -0.2) is 31.5 Å². The Morgan fingerprint density at radius 3 is 2.67 bits per heavy atom. The molecule has 0 radical (unpaired) electrons. The van der Waals surface area contributed by atoms with E-state index in [1.54, 1.807) is 0 Å². The lowest BCUT2D eigenvalue weighted by molar-refractivity contribution is 0.508. The van der Waals surface area contributed by atoms with Gasteiger partial charge in [-0.15, -0.1) is 0 Å². The molecule has 1 aromatic rings. The van der Waals surface area contributed by atoms with E-state index in [0.717, 1.165) is 19.4 Å². The van der Waals surface area contributed by atoms with Crippen molar-refractivity contribution in [2.45, 2.75) is 39.3 Å². The molecular formula is C13H24N2O2S. The highest BCUT2D eigenvalue weighted by molar-refractivity contribution is 7.90. The number of aryl methyl sites for hydroxylation is 1. The number of sulfone groups is 1. The molecule has 1 atom stereocenters. The summed E-state index contributed by atoms with van der Waals surface area (Å²) in [5, 5.41) is 3.45. The first kappa shape index (κ1) is 15.2. The van der Waals surface area contributed by atoms with Crippen molar-refractivity contribution in [1.29, 1.82) is 0 Å². The molecule has 0 fully saturated rings. The van der Waals surface area contributed by atoms with Crippen LogP contribution in [-0.2, 0) is 16.4 Å². The lowest BCUT2D eigenvalue weighted by atomic mass is 10.1. The van der Waals surface area contributed by atoms with E-state index in [4.69, 9.17) is 0 Å². The van der Waals surface area contributed by atoms with Gasteiger partial charge in [-0.3, -0.25) is 0 Å². The summed E-state index contributed by atoms with van der Waals surface area (Å²) in [6.45, 7) is 5.75. The number of nitrogens with one attached hydrogen (secondary N) is 1. The third-order valence-electron chi connectivity index (χ3n) is 2.92. The van der Waals surface area contributed by atoms with Gasteiger partial charge in [-0.1, -0.05) is 20.3 Å². The van der Waals surface area contributed by atoms with E-state index in [-0.39, 0.29) is 5.75 Å². The largest absolute Gasteiger partial charge is 0.353 e. The first-order chi connectivity index (χ1) is 8.46. The summed E-state index contributed by atoms with van der Waals surface area (Å²) in [4.78, 5) is 0. The zero-order valence-corrected chi connectivity index (χ0v) is 12.3. The highest BCUT2D eigenvalue weighted by atomic mass is 32.2. The Morgan fingerprint density at radius 2 is 2.11 bits per heavy atom. The summed E-state index contributed by atoms with van der Waals surface area (Å²) < 4.78 is 24.2. The van der Waals surface area contributed by atoms with Crippen molar-refractivity contribution < 1.29 is 8.42 Å². The van der Waals surface area contributed by atoms with Gasteiger partial charge in [-0.2, -0.15) is 0 Å². The maximum atomic E-state index is 11.1. The monoisotopic (exact) mass is 272 g/mol. The second-order valence-electron chi connectivity index (χ2n) is 4.71. The molecule has 0 aliphatic rings. The summed E-state index contributed by atoms with van der Waals surface area (Å²) in [6, 6.07) is 2.45. The Bertz CT molecular complexity index is 445. The summed E-state index contributed by atoms with van der Waals surface area (Å²) in [6.07, 6.45) is 7.51. The average molecular weight is 272 g/mol. The predicted molar refractivity (Wildman–Crippen MR) is 75.5 cm³/mol. The second kappa shape index (κ2) is 6.95. The van der Waals surface area contributed by atoms with Crippen LogP contribution >= 0.6 is 0 Å². The predicted octanol–water partition coefficient (Wildman–Crippen LogP) is 1.98. The molecule has 1 unspecified atom stereocenters. The molecular weight excluding hydrogens is 248 g/mol. The molecule has 0 aliphatic carbocycles. The number of rotatable bonds is 8. The van der Waals surface area contributed by atoms with Gasteiger partial charge in [0.1, 0.15) is 9.84 Å². The van der Waals surface area contributed by atoms with Crippen LogP contribution in [0.25, 0.3) is 0 Å². The van der Waals surface area contributed by atoms with E-state index in [2.05, 4.69) is 25.2 Å². The van der Waals surface area contributed by atoms with Crippen LogP contribution in [0.15, 0.2) is 18.5 Å². The highest BCUT2D eigenvalue weighted by Crippen LogP contribution is 2.18. The van der Waals surface area contributed by atoms with Gasteiger partial charge in [0.2, 0.25) is 0 Å². The Balaban J connectivity index is 2.65. The lowest BCUT2D eigenvalue weighted by Crippen LogP contribution is -2.20. The van der Waals surface area contributed by atoms with Gasteiger partial charge in [-0.05, 0) is 24.6 Å². The maximum Gasteiger partial charge on any atom is 0.149 e. The standard InChI is InChI=1S/C13H24N2O2S/c1-4-6-13(14-5-2)12-7-8-15(11-12)9-10-18(3,16)17/h7-8,11,13-14H,4-6,9-10H2,1-3H3. The molecule has 0 saturated carbocycles. The molecule has 0 saturated heterocycles. The third kappa shape index (κ3) is 5.23. The van der Waals surface area contributed by atoms with Gasteiger partial charge in [0.25, 0.3) is 0 Å². The van der Waals surface area contributed by atoms with E-state index >= 15 is 0 Å². The molecule has 104 valence electrons. The molecule has 1 N–H and O–H groups in total. The Labute approximate surface area is 110 Å². The Morgan fingerprint density at radius 1 is 1.39 bits per heavy atom. The first-order valence-corrected chi connectivity index (χ1v) is 8.59. The van der Waals surface area contributed by atoms with Gasteiger partial charge >= 0.3 is 0 Å². The molecule has 0 spiro atoms. The Hall–Kier alpha value is -0.810. The van der Waals surface area contributed by atoms with E-state index < -0.39 is 9.84 Å². The molecule has 0 amide bonds. The smallest absolute Gasteiger partial charge is 0.149 e. The van der Waals surface area contributed by atoms with Crippen LogP contribution in [0.2, 0.25) is 0 Å². The number of nitrogens with zero attached hydrogens (tertiary/aromatic N) is 1. The second-order valence-corrected chi connectivity index (χ2v) is 6.97. The molecule has 5 heteroatoms. The van der Waals surface area contributed by atoms with Crippen molar-refractivity contribution in [3.8, 4) is 0 Å². The van der Waals surface area contributed by atoms with Crippen molar-refractivity contribution in [3.63, 3.8) is 0 Å². The molecule has 1 aromatic heterocycles. The van der Waals surface area contributed by atoms with Gasteiger partial charge in [-0.25, -0.2) is 8.42 Å². The average Bonchev–Trinajstić information content (AvgIpc) is 2.74. The number of hydrogen-bond acceptors (Lipinski definition) is 3. The molecule has 18 heavy (non-hydrogen) atoms. The molecule has 0 aliphatic heterocycles. The topological polar surface area (TPSA) is 51.1 Å². The fourth-order valence-corrected chi connectivity index (χ4v) is 2.54. The van der Waals surface area contributed by atoms with Crippen LogP contribution in [0, 0.1) is 0 Å². The Kier molecular flexibility index (Phi) is 5.88. The summed E-state index contributed by atoms with van der Waals surface area (Å²) in [5.74, 6) is 0.195. The van der Waals surface area contributed by atoms with E-state index in [1.165, 1.54) is 11.8 Å². The van der Waals surface area contributed by atoms with Gasteiger partial charge in [0.15, 0.2) is 0 Å². The van der Waals surface area contributed by atoms with Crippen LogP contribution in [0.1, 0.15) is 38.3 Å². The fourth-order valence-electron chi connectivity index (χ4n) is 2.00. The van der Waals surface area contributed by atoms with Crippen LogP contribution < -0.4 is 5.32 Å². The molecule has 1 heterocycles. The van der Waals surface area contributed by atoms with Crippen LogP contribution in [0.4, 0.5) is 0 Å². The molecule has 1 rings (SSSR count). The van der Waals surface area contributed by atoms with Crippen molar-refractivity contribution in [2.75, 3.05) is 18.6 Å². The quantitative estimate of drug-likeness (QED) is 0.787. The van der Waals surface area contributed by atoms with E-state index in [1.807, 2.05) is 17.0 Å². The SMILES string of the molecule is CCCC(NCC)c1ccn(CCS(C)(=O)=O)c1. The normalized spacial score (nSPS) is 13.7. The number of aromatic nitrogens is 1. The van der Waals surface area contributed by atoms with Crippen LogP contribution in [0.3, 0.4) is 0 Å². The van der Waals surface area contributed by atoms with Crippen molar-refractivity contribution >= 4 is 9.84 Å². The molecule has 4 nitrogen and oxygen atoms in total. The van der Waals surface area contributed by atoms with Crippen molar-refractivity contribution in [3.05, 3.63) is 24.0 Å². The minimum Gasteiger partial charge on any atom is -0.353 e. The van der Waals surface area contributed by atoms with Gasteiger partial charge in [0, 0.05) is 31.2 Å². The highest BCUT2D eigenvalue weighted by Gasteiger charge is 2.11. The molecule has 0 bridgehead atoms. The fraction of sp³-hybridized carbons (Fsp3) is 0.692. The zero-order valence-electron chi connectivity index (χ0n) is 11.5. The van der Waals surface area contributed by atoms with Crippen molar-refractivity contribution in [2.24, 2.45) is 0 Å². The van der Waals surface area contributed by atoms with E-state index in [9.17, 15) is 8.42 Å². The minimum atomic E-state index is -2.89. The number of hydrogen-bond donors (Lipinski definition) is 1. The summed E-state index contributed by atoms with van der Waals surface area (Å²) >= 11 is 0. The lowest BCUT2D eigenvalue weighted by Gasteiger charge is -2.15.